The van der Waals surface area contributed by atoms with E-state index in [9.17, 15) is 30.7 Å². The summed E-state index contributed by atoms with van der Waals surface area (Å²) in [7, 11) is -8.98. The fraction of sp³-hybridized carbons (Fsp3) is 0.250. The van der Waals surface area contributed by atoms with E-state index < -0.39 is 42.3 Å². The molecule has 0 aliphatic carbocycles. The lowest BCUT2D eigenvalue weighted by Crippen LogP contribution is -2.26. The average Bonchev–Trinajstić information content (AvgIpc) is 2.80. The molecule has 1 unspecified atom stereocenters. The largest absolute Gasteiger partial charge is 0.504 e. The second kappa shape index (κ2) is 9.25. The monoisotopic (exact) mass is 537 g/mol. The minimum Gasteiger partial charge on any atom is -0.504 e. The molecule has 8 nitrogen and oxygen atoms in total. The minimum atomic E-state index is -4.56. The topological polar surface area (TPSA) is 125 Å². The van der Waals surface area contributed by atoms with Gasteiger partial charge in [-0.1, -0.05) is 12.1 Å². The smallest absolute Gasteiger partial charge is 0.265 e. The minimum absolute atomic E-state index is 0.00752. The van der Waals surface area contributed by atoms with Gasteiger partial charge in [-0.2, -0.15) is 0 Å². The van der Waals surface area contributed by atoms with Crippen molar-refractivity contribution < 1.29 is 30.7 Å². The van der Waals surface area contributed by atoms with Gasteiger partial charge in [0.25, 0.3) is 20.0 Å². The molecule has 36 heavy (non-hydrogen) atoms. The molecule has 4 N–H and O–H groups in total. The number of sulfonamides is 2. The molecular weight excluding hydrogens is 512 g/mol. The van der Waals surface area contributed by atoms with Gasteiger partial charge in [-0.25, -0.2) is 25.6 Å². The van der Waals surface area contributed by atoms with Crippen LogP contribution >= 0.6 is 0 Å². The van der Waals surface area contributed by atoms with E-state index in [-0.39, 0.29) is 51.1 Å². The predicted octanol–water partition coefficient (Wildman–Crippen LogP) is 4.64. The number of rotatable bonds is 6. The molecule has 0 fully saturated rings. The number of nitrogens with one attached hydrogen (secondary N) is 3. The van der Waals surface area contributed by atoms with Gasteiger partial charge in [0, 0.05) is 17.2 Å². The maximum Gasteiger partial charge on any atom is 0.265 e. The van der Waals surface area contributed by atoms with E-state index in [4.69, 9.17) is 0 Å². The molecule has 0 saturated carbocycles. The lowest BCUT2D eigenvalue weighted by molar-refractivity contribution is 0.456. The van der Waals surface area contributed by atoms with E-state index in [1.807, 2.05) is 0 Å². The Bertz CT molecular complexity index is 1580. The number of halogens is 2. The Hall–Kier alpha value is -3.38. The molecular formula is C24H25F2N3O5S2. The number of fused-ring (bicyclic) bond motifs is 1. The summed E-state index contributed by atoms with van der Waals surface area (Å²) in [6.07, 6.45) is 0.771. The molecule has 1 aliphatic rings. The first-order valence-corrected chi connectivity index (χ1v) is 14.0. The van der Waals surface area contributed by atoms with Crippen LogP contribution in [0, 0.1) is 25.5 Å². The molecule has 0 amide bonds. The molecule has 192 valence electrons. The fourth-order valence-electron chi connectivity index (χ4n) is 4.03. The van der Waals surface area contributed by atoms with E-state index in [0.717, 1.165) is 6.07 Å². The molecule has 0 aromatic heterocycles. The maximum atomic E-state index is 14.0. The highest BCUT2D eigenvalue weighted by Gasteiger charge is 2.33. The summed E-state index contributed by atoms with van der Waals surface area (Å²) >= 11 is 0. The molecule has 1 atom stereocenters. The van der Waals surface area contributed by atoms with Gasteiger partial charge >= 0.3 is 0 Å². The van der Waals surface area contributed by atoms with Gasteiger partial charge in [0.15, 0.2) is 5.75 Å². The van der Waals surface area contributed by atoms with Gasteiger partial charge in [-0.05, 0) is 69.5 Å². The highest BCUT2D eigenvalue weighted by atomic mass is 32.2. The third kappa shape index (κ3) is 4.70. The number of hydrogen-bond donors (Lipinski definition) is 4. The first kappa shape index (κ1) is 25.7. The van der Waals surface area contributed by atoms with Crippen molar-refractivity contribution in [2.45, 2.75) is 49.4 Å². The van der Waals surface area contributed by atoms with E-state index >= 15 is 0 Å². The van der Waals surface area contributed by atoms with Crippen LogP contribution in [0.25, 0.3) is 0 Å². The average molecular weight is 538 g/mol. The van der Waals surface area contributed by atoms with Gasteiger partial charge in [0.2, 0.25) is 0 Å². The maximum absolute atomic E-state index is 14.0. The SMILES string of the molecule is Cc1c(F)cccc1NS(=O)(=O)c1cc(S(=O)(=O)Nc2cccc(F)c2C)c2c(c1O)NC(C)CC2. The normalized spacial score (nSPS) is 15.6. The quantitative estimate of drug-likeness (QED) is 0.340. The second-order valence-corrected chi connectivity index (χ2v) is 12.0. The van der Waals surface area contributed by atoms with Crippen LogP contribution < -0.4 is 14.8 Å². The van der Waals surface area contributed by atoms with Gasteiger partial charge in [-0.3, -0.25) is 9.44 Å². The molecule has 0 bridgehead atoms. The van der Waals surface area contributed by atoms with Crippen LogP contribution in [0.5, 0.6) is 5.75 Å². The molecule has 0 saturated heterocycles. The van der Waals surface area contributed by atoms with Crippen LogP contribution in [0.4, 0.5) is 25.8 Å². The van der Waals surface area contributed by atoms with Crippen LogP contribution in [0.1, 0.15) is 30.0 Å². The number of phenolic OH excluding ortho intramolecular Hbond substituents is 1. The lowest BCUT2D eigenvalue weighted by Gasteiger charge is -2.28. The Balaban J connectivity index is 1.88. The summed E-state index contributed by atoms with van der Waals surface area (Å²) in [6.45, 7) is 4.59. The molecule has 1 aliphatic heterocycles. The molecule has 0 spiro atoms. The Kier molecular flexibility index (Phi) is 6.60. The molecule has 4 rings (SSSR count). The summed E-state index contributed by atoms with van der Waals surface area (Å²) in [5.74, 6) is -1.91. The Morgan fingerprint density at radius 3 is 1.92 bits per heavy atom. The number of anilines is 3. The highest BCUT2D eigenvalue weighted by molar-refractivity contribution is 7.93. The van der Waals surface area contributed by atoms with Crippen molar-refractivity contribution in [2.24, 2.45) is 0 Å². The number of phenols is 1. The number of hydrogen-bond acceptors (Lipinski definition) is 6. The van der Waals surface area contributed by atoms with Crippen molar-refractivity contribution in [3.8, 4) is 5.75 Å². The second-order valence-electron chi connectivity index (χ2n) is 8.69. The fourth-order valence-corrected chi connectivity index (χ4v) is 6.77. The zero-order valence-corrected chi connectivity index (χ0v) is 21.3. The van der Waals surface area contributed by atoms with Crippen molar-refractivity contribution in [2.75, 3.05) is 14.8 Å². The van der Waals surface area contributed by atoms with Gasteiger partial charge in [0.1, 0.15) is 16.5 Å². The van der Waals surface area contributed by atoms with E-state index in [1.165, 1.54) is 50.2 Å². The number of benzene rings is 3. The third-order valence-electron chi connectivity index (χ3n) is 6.15. The molecule has 1 heterocycles. The van der Waals surface area contributed by atoms with E-state index in [2.05, 4.69) is 14.8 Å². The summed E-state index contributed by atoms with van der Waals surface area (Å²) in [5.41, 5.74) is 0.202. The summed E-state index contributed by atoms with van der Waals surface area (Å²) in [6, 6.07) is 8.43. The molecule has 12 heteroatoms. The third-order valence-corrected chi connectivity index (χ3v) is 8.96. The van der Waals surface area contributed by atoms with E-state index in [0.29, 0.717) is 6.42 Å². The Morgan fingerprint density at radius 1 is 0.889 bits per heavy atom. The van der Waals surface area contributed by atoms with Gasteiger partial charge in [0.05, 0.1) is 22.0 Å². The summed E-state index contributed by atoms with van der Waals surface area (Å²) in [5, 5.41) is 13.9. The first-order valence-electron chi connectivity index (χ1n) is 11.0. The van der Waals surface area contributed by atoms with Crippen molar-refractivity contribution in [3.05, 3.63) is 70.8 Å². The Labute approximate surface area is 208 Å². The van der Waals surface area contributed by atoms with Crippen molar-refractivity contribution in [3.63, 3.8) is 0 Å². The Morgan fingerprint density at radius 2 is 1.39 bits per heavy atom. The van der Waals surface area contributed by atoms with Gasteiger partial charge < -0.3 is 10.4 Å². The van der Waals surface area contributed by atoms with Crippen molar-refractivity contribution >= 4 is 37.1 Å². The number of aromatic hydroxyl groups is 1. The molecule has 3 aromatic rings. The van der Waals surface area contributed by atoms with Crippen LogP contribution in [0.3, 0.4) is 0 Å². The van der Waals surface area contributed by atoms with Crippen molar-refractivity contribution in [1.82, 2.24) is 0 Å². The predicted molar refractivity (Wildman–Crippen MR) is 133 cm³/mol. The zero-order chi connectivity index (χ0) is 26.4. The first-order chi connectivity index (χ1) is 16.8. The molecule has 3 aromatic carbocycles. The summed E-state index contributed by atoms with van der Waals surface area (Å²) < 4.78 is 86.1. The van der Waals surface area contributed by atoms with Crippen LogP contribution in [0.2, 0.25) is 0 Å². The van der Waals surface area contributed by atoms with Crippen LogP contribution in [-0.2, 0) is 26.5 Å². The van der Waals surface area contributed by atoms with Crippen molar-refractivity contribution in [1.29, 1.82) is 0 Å². The van der Waals surface area contributed by atoms with Gasteiger partial charge in [-0.15, -0.1) is 0 Å². The van der Waals surface area contributed by atoms with Crippen LogP contribution in [-0.4, -0.2) is 28.0 Å². The summed E-state index contributed by atoms with van der Waals surface area (Å²) in [4.78, 5) is -1.09. The zero-order valence-electron chi connectivity index (χ0n) is 19.7. The standard InChI is InChI=1S/C24H25F2N3O5S2/c1-13-10-11-16-21(35(31,32)28-19-8-4-6-17(25)14(19)2)12-22(24(30)23(16)27-13)36(33,34)29-20-9-5-7-18(26)15(20)3/h4-9,12-13,27-30H,10-11H2,1-3H3. The lowest BCUT2D eigenvalue weighted by atomic mass is 9.98. The van der Waals surface area contributed by atoms with Crippen LogP contribution in [0.15, 0.2) is 52.3 Å². The molecule has 0 radical (unpaired) electrons. The van der Waals surface area contributed by atoms with E-state index in [1.54, 1.807) is 6.92 Å². The highest BCUT2D eigenvalue weighted by Crippen LogP contribution is 2.43.